The summed E-state index contributed by atoms with van der Waals surface area (Å²) in [6.07, 6.45) is 1.98. The number of nitrogens with zero attached hydrogens (tertiary/aromatic N) is 1. The molecule has 0 saturated heterocycles. The molecule has 1 unspecified atom stereocenters. The van der Waals surface area contributed by atoms with E-state index in [1.54, 1.807) is 24.3 Å². The molecule has 0 aliphatic carbocycles. The summed E-state index contributed by atoms with van der Waals surface area (Å²) in [7, 11) is -4.18. The monoisotopic (exact) mass is 667 g/mol. The highest BCUT2D eigenvalue weighted by molar-refractivity contribution is 7.85. The Bertz CT molecular complexity index is 1940. The highest BCUT2D eigenvalue weighted by atomic mass is 32.2. The lowest BCUT2D eigenvalue weighted by Gasteiger charge is -2.25. The van der Waals surface area contributed by atoms with Crippen LogP contribution in [-0.4, -0.2) is 42.1 Å². The number of hydrogen-bond donors (Lipinski definition) is 3. The number of fused-ring (bicyclic) bond motifs is 1. The van der Waals surface area contributed by atoms with Crippen molar-refractivity contribution in [2.24, 2.45) is 5.41 Å². The molecule has 0 saturated carbocycles. The van der Waals surface area contributed by atoms with Crippen molar-refractivity contribution in [3.05, 3.63) is 119 Å². The van der Waals surface area contributed by atoms with E-state index < -0.39 is 27.7 Å². The lowest BCUT2D eigenvalue weighted by Crippen LogP contribution is -2.29. The molecule has 5 rings (SSSR count). The summed E-state index contributed by atoms with van der Waals surface area (Å²) >= 11 is 0. The maximum absolute atomic E-state index is 14.0. The summed E-state index contributed by atoms with van der Waals surface area (Å²) in [5.41, 5.74) is 6.39. The molecule has 0 bridgehead atoms. The molecule has 0 aliphatic rings. The van der Waals surface area contributed by atoms with Gasteiger partial charge in [0, 0.05) is 23.4 Å². The second kappa shape index (κ2) is 14.5. The lowest BCUT2D eigenvalue weighted by molar-refractivity contribution is -0.118. The third-order valence-electron chi connectivity index (χ3n) is 8.32. The first kappa shape index (κ1) is 34.5. The van der Waals surface area contributed by atoms with Gasteiger partial charge in [-0.25, -0.2) is 4.98 Å². The van der Waals surface area contributed by atoms with Crippen LogP contribution in [0.4, 0.5) is 5.69 Å². The number of amides is 2. The fraction of sp³-hybridized carbons (Fsp3) is 0.289. The van der Waals surface area contributed by atoms with E-state index in [-0.39, 0.29) is 23.8 Å². The molecule has 2 atom stereocenters. The molecule has 0 spiro atoms. The van der Waals surface area contributed by atoms with Crippen LogP contribution in [0.3, 0.4) is 0 Å². The standard InChI is InChI=1S/C38H41N3O6S/c1-25(27-13-15-29(16-14-27)35(42)39-23-24-48(44,45)46)34(28-11-9-26(10-12-28)21-22-38(2,3)4)36(43)40-31-19-17-30(18-20-31)37-41-32-7-5-6-8-33(32)47-37/h5-20,25,34H,21-24H2,1-4H3,(H,39,42)(H,40,43)(H,44,45,46)/t25-,34?/m0/s1. The molecule has 250 valence electrons. The molecule has 48 heavy (non-hydrogen) atoms. The van der Waals surface area contributed by atoms with Gasteiger partial charge < -0.3 is 15.1 Å². The summed E-state index contributed by atoms with van der Waals surface area (Å²) in [5, 5.41) is 5.59. The number of nitrogens with one attached hydrogen (secondary N) is 2. The largest absolute Gasteiger partial charge is 0.436 e. The van der Waals surface area contributed by atoms with Crippen molar-refractivity contribution in [2.45, 2.75) is 52.4 Å². The normalized spacial score (nSPS) is 13.2. The predicted molar refractivity (Wildman–Crippen MR) is 189 cm³/mol. The highest BCUT2D eigenvalue weighted by Crippen LogP contribution is 2.35. The van der Waals surface area contributed by atoms with Crippen molar-refractivity contribution >= 4 is 38.7 Å². The number of anilines is 1. The molecule has 10 heteroatoms. The van der Waals surface area contributed by atoms with E-state index in [0.717, 1.165) is 35.0 Å². The number of oxazole rings is 1. The maximum Gasteiger partial charge on any atom is 0.266 e. The average molecular weight is 668 g/mol. The van der Waals surface area contributed by atoms with Crippen LogP contribution in [0.25, 0.3) is 22.6 Å². The van der Waals surface area contributed by atoms with Crippen LogP contribution < -0.4 is 10.6 Å². The topological polar surface area (TPSA) is 139 Å². The quantitative estimate of drug-likeness (QED) is 0.116. The zero-order chi connectivity index (χ0) is 34.5. The smallest absolute Gasteiger partial charge is 0.266 e. The number of rotatable bonds is 12. The zero-order valence-electron chi connectivity index (χ0n) is 27.6. The molecular weight excluding hydrogens is 627 g/mol. The van der Waals surface area contributed by atoms with Crippen LogP contribution in [0.1, 0.15) is 73.0 Å². The minimum atomic E-state index is -4.18. The van der Waals surface area contributed by atoms with Crippen molar-refractivity contribution in [3.63, 3.8) is 0 Å². The Balaban J connectivity index is 1.35. The van der Waals surface area contributed by atoms with Crippen molar-refractivity contribution in [3.8, 4) is 11.5 Å². The van der Waals surface area contributed by atoms with Crippen molar-refractivity contribution in [2.75, 3.05) is 17.6 Å². The third kappa shape index (κ3) is 9.17. The molecular formula is C38H41N3O6S. The minimum absolute atomic E-state index is 0.174. The number of carbonyl (C=O) groups is 2. The molecule has 2 amide bonds. The van der Waals surface area contributed by atoms with Gasteiger partial charge in [-0.2, -0.15) is 8.42 Å². The summed E-state index contributed by atoms with van der Waals surface area (Å²) in [4.78, 5) is 31.1. The van der Waals surface area contributed by atoms with Crippen LogP contribution in [0, 0.1) is 5.41 Å². The fourth-order valence-corrected chi connectivity index (χ4v) is 5.88. The van der Waals surface area contributed by atoms with Gasteiger partial charge in [0.1, 0.15) is 5.52 Å². The van der Waals surface area contributed by atoms with Gasteiger partial charge in [0.15, 0.2) is 5.58 Å². The Hall–Kier alpha value is -4.80. The van der Waals surface area contributed by atoms with Gasteiger partial charge in [0.25, 0.3) is 16.0 Å². The fourth-order valence-electron chi connectivity index (χ4n) is 5.52. The first-order valence-electron chi connectivity index (χ1n) is 15.9. The summed E-state index contributed by atoms with van der Waals surface area (Å²) in [5.74, 6) is -1.51. The molecule has 3 N–H and O–H groups in total. The van der Waals surface area contributed by atoms with Crippen LogP contribution in [0.15, 0.2) is 101 Å². The van der Waals surface area contributed by atoms with Gasteiger partial charge in [0.05, 0.1) is 11.7 Å². The van der Waals surface area contributed by atoms with Gasteiger partial charge in [-0.1, -0.05) is 76.2 Å². The van der Waals surface area contributed by atoms with Crippen LogP contribution >= 0.6 is 0 Å². The molecule has 0 aliphatic heterocycles. The Labute approximate surface area is 281 Å². The Morgan fingerprint density at radius 1 is 0.875 bits per heavy atom. The number of hydrogen-bond acceptors (Lipinski definition) is 6. The van der Waals surface area contributed by atoms with Crippen molar-refractivity contribution in [1.29, 1.82) is 0 Å². The zero-order valence-corrected chi connectivity index (χ0v) is 28.4. The molecule has 0 radical (unpaired) electrons. The SMILES string of the molecule is C[C@@H](c1ccc(C(=O)NCCS(=O)(=O)O)cc1)C(C(=O)Nc1ccc(-c2nc3ccccc3o2)cc1)c1ccc(CCC(C)(C)C)cc1. The van der Waals surface area contributed by atoms with Gasteiger partial charge in [-0.3, -0.25) is 14.1 Å². The average Bonchev–Trinajstić information content (AvgIpc) is 3.48. The Kier molecular flexibility index (Phi) is 10.5. The van der Waals surface area contributed by atoms with E-state index in [9.17, 15) is 18.0 Å². The molecule has 1 aromatic heterocycles. The summed E-state index contributed by atoms with van der Waals surface area (Å²) in [6.45, 7) is 8.43. The van der Waals surface area contributed by atoms with Gasteiger partial charge in [-0.15, -0.1) is 0 Å². The first-order valence-corrected chi connectivity index (χ1v) is 17.6. The predicted octanol–water partition coefficient (Wildman–Crippen LogP) is 7.62. The van der Waals surface area contributed by atoms with E-state index in [0.29, 0.717) is 22.7 Å². The van der Waals surface area contributed by atoms with Gasteiger partial charge in [0.2, 0.25) is 11.8 Å². The van der Waals surface area contributed by atoms with E-state index in [4.69, 9.17) is 8.97 Å². The number of benzene rings is 4. The summed E-state index contributed by atoms with van der Waals surface area (Å²) in [6, 6.07) is 30.1. The van der Waals surface area contributed by atoms with Crippen molar-refractivity contribution < 1.29 is 27.0 Å². The van der Waals surface area contributed by atoms with E-state index >= 15 is 0 Å². The third-order valence-corrected chi connectivity index (χ3v) is 9.04. The molecule has 9 nitrogen and oxygen atoms in total. The van der Waals surface area contributed by atoms with Crippen LogP contribution in [0.2, 0.25) is 0 Å². The number of aromatic nitrogens is 1. The van der Waals surface area contributed by atoms with Crippen LogP contribution in [-0.2, 0) is 21.3 Å². The van der Waals surface area contributed by atoms with Gasteiger partial charge in [-0.05, 0) is 89.4 Å². The number of para-hydroxylation sites is 2. The summed E-state index contributed by atoms with van der Waals surface area (Å²) < 4.78 is 36.8. The number of aryl methyl sites for hydroxylation is 1. The van der Waals surface area contributed by atoms with E-state index in [1.807, 2.05) is 67.6 Å². The minimum Gasteiger partial charge on any atom is -0.436 e. The Morgan fingerprint density at radius 2 is 1.52 bits per heavy atom. The molecule has 4 aromatic carbocycles. The first-order chi connectivity index (χ1) is 22.8. The van der Waals surface area contributed by atoms with E-state index in [2.05, 4.69) is 48.5 Å². The number of carbonyl (C=O) groups excluding carboxylic acids is 2. The highest BCUT2D eigenvalue weighted by Gasteiger charge is 2.29. The van der Waals surface area contributed by atoms with Crippen LogP contribution in [0.5, 0.6) is 0 Å². The van der Waals surface area contributed by atoms with Gasteiger partial charge >= 0.3 is 0 Å². The second-order valence-corrected chi connectivity index (χ2v) is 14.9. The molecule has 1 heterocycles. The van der Waals surface area contributed by atoms with E-state index in [1.165, 1.54) is 5.56 Å². The molecule has 0 fully saturated rings. The maximum atomic E-state index is 14.0. The second-order valence-electron chi connectivity index (χ2n) is 13.3. The van der Waals surface area contributed by atoms with Crippen molar-refractivity contribution in [1.82, 2.24) is 10.3 Å². The molecule has 5 aromatic rings. The lowest BCUT2D eigenvalue weighted by atomic mass is 9.81. The Morgan fingerprint density at radius 3 is 2.15 bits per heavy atom.